The van der Waals surface area contributed by atoms with Gasteiger partial charge in [-0.25, -0.2) is 14.3 Å². The summed E-state index contributed by atoms with van der Waals surface area (Å²) in [5.74, 6) is -0.603. The molecule has 24 heavy (non-hydrogen) atoms. The van der Waals surface area contributed by atoms with Gasteiger partial charge in [-0.15, -0.1) is 0 Å². The molecule has 0 unspecified atom stereocenters. The molecule has 0 amide bonds. The van der Waals surface area contributed by atoms with Gasteiger partial charge in [-0.05, 0) is 12.1 Å². The number of methoxy groups -OCH3 is 1. The number of carbonyl (C=O) groups is 1. The molecule has 0 spiro atoms. The first-order chi connectivity index (χ1) is 11.5. The lowest BCUT2D eigenvalue weighted by atomic mass is 10.1. The molecular formula is C15H7Cl3N4O2. The average molecular weight is 382 g/mol. The molecule has 2 aromatic heterocycles. The fraction of sp³-hybridized carbons (Fsp3) is 0.0667. The first kappa shape index (κ1) is 16.5. The molecule has 0 N–H and O–H groups in total. The number of nitriles is 1. The van der Waals surface area contributed by atoms with Crippen molar-refractivity contribution >= 4 is 46.4 Å². The Balaban J connectivity index is 2.28. The Bertz CT molecular complexity index is 1020. The summed E-state index contributed by atoms with van der Waals surface area (Å²) in [7, 11) is 1.25. The predicted molar refractivity (Wildman–Crippen MR) is 89.5 cm³/mol. The normalized spacial score (nSPS) is 10.6. The maximum atomic E-state index is 11.7. The molecule has 0 aliphatic carbocycles. The van der Waals surface area contributed by atoms with Crippen LogP contribution in [0.2, 0.25) is 15.3 Å². The fourth-order valence-corrected chi connectivity index (χ4v) is 3.11. The van der Waals surface area contributed by atoms with E-state index in [9.17, 15) is 4.79 Å². The summed E-state index contributed by atoms with van der Waals surface area (Å²) in [6.45, 7) is 0. The minimum Gasteiger partial charge on any atom is -0.465 e. The number of ether oxygens (including phenoxy) is 1. The highest BCUT2D eigenvalue weighted by atomic mass is 35.5. The van der Waals surface area contributed by atoms with Gasteiger partial charge in [0.2, 0.25) is 0 Å². The van der Waals surface area contributed by atoms with E-state index in [0.29, 0.717) is 21.7 Å². The maximum Gasteiger partial charge on any atom is 0.343 e. The van der Waals surface area contributed by atoms with E-state index in [1.54, 1.807) is 12.1 Å². The Hall–Kier alpha value is -2.33. The second-order valence-electron chi connectivity index (χ2n) is 4.66. The van der Waals surface area contributed by atoms with E-state index >= 15 is 0 Å². The smallest absolute Gasteiger partial charge is 0.343 e. The molecule has 3 aromatic rings. The van der Waals surface area contributed by atoms with Crippen LogP contribution in [0.4, 0.5) is 0 Å². The number of hydrogen-bond donors (Lipinski definition) is 0. The summed E-state index contributed by atoms with van der Waals surface area (Å²) in [5, 5.41) is 13.4. The van der Waals surface area contributed by atoms with Crippen molar-refractivity contribution in [1.29, 1.82) is 5.26 Å². The largest absolute Gasteiger partial charge is 0.465 e. The van der Waals surface area contributed by atoms with Crippen LogP contribution < -0.4 is 0 Å². The molecule has 6 nitrogen and oxygen atoms in total. The number of carbonyl (C=O) groups excluding carboxylic acids is 1. The molecule has 0 aliphatic heterocycles. The van der Waals surface area contributed by atoms with Gasteiger partial charge in [0.25, 0.3) is 0 Å². The van der Waals surface area contributed by atoms with E-state index in [4.69, 9.17) is 40.1 Å². The number of aromatic nitrogens is 3. The third-order valence-corrected chi connectivity index (χ3v) is 4.25. The molecule has 0 saturated heterocycles. The van der Waals surface area contributed by atoms with Crippen molar-refractivity contribution in [2.45, 2.75) is 0 Å². The number of rotatable bonds is 2. The number of fused-ring (bicyclic) bond motifs is 1. The quantitative estimate of drug-likeness (QED) is 0.495. The monoisotopic (exact) mass is 380 g/mol. The zero-order valence-corrected chi connectivity index (χ0v) is 14.3. The van der Waals surface area contributed by atoms with Gasteiger partial charge in [0.1, 0.15) is 15.9 Å². The zero-order valence-electron chi connectivity index (χ0n) is 12.0. The summed E-state index contributed by atoms with van der Waals surface area (Å²) in [5.41, 5.74) is 1.55. The average Bonchev–Trinajstić information content (AvgIpc) is 2.99. The van der Waals surface area contributed by atoms with Crippen LogP contribution in [0.25, 0.3) is 16.8 Å². The number of hydrogen-bond acceptors (Lipinski definition) is 5. The third-order valence-electron chi connectivity index (χ3n) is 3.32. The van der Waals surface area contributed by atoms with Gasteiger partial charge < -0.3 is 4.74 Å². The molecule has 0 bridgehead atoms. The van der Waals surface area contributed by atoms with E-state index < -0.39 is 5.97 Å². The molecule has 9 heteroatoms. The molecule has 1 aromatic carbocycles. The fourth-order valence-electron chi connectivity index (χ4n) is 2.20. The van der Waals surface area contributed by atoms with E-state index in [1.165, 1.54) is 23.9 Å². The molecule has 3 rings (SSSR count). The standard InChI is InChI=1S/C15H7Cl3N4O2/c1-24-15(23)9-6-20-22-13(18)11(12(17)21-14(9)22)8-3-2-7(5-19)4-10(8)16/h2-4,6H,1H3. The Morgan fingerprint density at radius 1 is 1.33 bits per heavy atom. The van der Waals surface area contributed by atoms with Crippen molar-refractivity contribution in [2.75, 3.05) is 7.11 Å². The van der Waals surface area contributed by atoms with E-state index in [0.717, 1.165) is 0 Å². The second-order valence-corrected chi connectivity index (χ2v) is 5.78. The van der Waals surface area contributed by atoms with Crippen LogP contribution in [0.3, 0.4) is 0 Å². The number of esters is 1. The summed E-state index contributed by atoms with van der Waals surface area (Å²) in [6.07, 6.45) is 1.29. The summed E-state index contributed by atoms with van der Waals surface area (Å²) < 4.78 is 5.94. The minimum absolute atomic E-state index is 0.0461. The number of halogens is 3. The van der Waals surface area contributed by atoms with Crippen LogP contribution in [0, 0.1) is 11.3 Å². The van der Waals surface area contributed by atoms with Gasteiger partial charge in [-0.2, -0.15) is 10.4 Å². The third kappa shape index (κ3) is 2.57. The lowest BCUT2D eigenvalue weighted by Gasteiger charge is -2.10. The van der Waals surface area contributed by atoms with Crippen molar-refractivity contribution in [2.24, 2.45) is 0 Å². The molecule has 0 fully saturated rings. The Kier molecular flexibility index (Phi) is 4.33. The van der Waals surface area contributed by atoms with Gasteiger partial charge >= 0.3 is 5.97 Å². The Morgan fingerprint density at radius 3 is 2.71 bits per heavy atom. The Labute approximate surface area is 151 Å². The SMILES string of the molecule is COC(=O)c1cnn2c(Cl)c(-c3ccc(C#N)cc3Cl)c(Cl)nc12. The molecule has 0 saturated carbocycles. The van der Waals surface area contributed by atoms with Crippen LogP contribution in [0.15, 0.2) is 24.4 Å². The van der Waals surface area contributed by atoms with Crippen molar-refractivity contribution in [3.8, 4) is 17.2 Å². The highest BCUT2D eigenvalue weighted by Gasteiger charge is 2.22. The number of benzene rings is 1. The molecule has 120 valence electrons. The molecule has 0 radical (unpaired) electrons. The van der Waals surface area contributed by atoms with Crippen LogP contribution in [-0.4, -0.2) is 27.7 Å². The van der Waals surface area contributed by atoms with Gasteiger partial charge in [0, 0.05) is 10.6 Å². The molecule has 0 aliphatic rings. The number of nitrogens with zero attached hydrogens (tertiary/aromatic N) is 4. The van der Waals surface area contributed by atoms with Crippen LogP contribution in [-0.2, 0) is 4.74 Å². The highest BCUT2D eigenvalue weighted by molar-refractivity contribution is 6.40. The van der Waals surface area contributed by atoms with Gasteiger partial charge in [-0.3, -0.25) is 0 Å². The summed E-state index contributed by atoms with van der Waals surface area (Å²) in [6, 6.07) is 6.69. The molecule has 2 heterocycles. The van der Waals surface area contributed by atoms with Crippen molar-refractivity contribution in [3.05, 3.63) is 50.9 Å². The molecule has 0 atom stereocenters. The van der Waals surface area contributed by atoms with Gasteiger partial charge in [0.15, 0.2) is 5.65 Å². The lowest BCUT2D eigenvalue weighted by Crippen LogP contribution is -2.03. The van der Waals surface area contributed by atoms with E-state index in [1.807, 2.05) is 6.07 Å². The highest BCUT2D eigenvalue weighted by Crippen LogP contribution is 2.38. The minimum atomic E-state index is -0.603. The first-order valence-electron chi connectivity index (χ1n) is 6.49. The Morgan fingerprint density at radius 2 is 2.08 bits per heavy atom. The summed E-state index contributed by atoms with van der Waals surface area (Å²) in [4.78, 5) is 15.9. The van der Waals surface area contributed by atoms with Crippen LogP contribution >= 0.6 is 34.8 Å². The summed E-state index contributed by atoms with van der Waals surface area (Å²) >= 11 is 18.9. The first-order valence-corrected chi connectivity index (χ1v) is 7.62. The second kappa shape index (κ2) is 6.29. The lowest BCUT2D eigenvalue weighted by molar-refractivity contribution is 0.0602. The topological polar surface area (TPSA) is 80.3 Å². The zero-order chi connectivity index (χ0) is 17.4. The van der Waals surface area contributed by atoms with E-state index in [-0.39, 0.29) is 21.5 Å². The predicted octanol–water partition coefficient (Wildman–Crippen LogP) is 4.01. The van der Waals surface area contributed by atoms with Crippen LogP contribution in [0.1, 0.15) is 15.9 Å². The van der Waals surface area contributed by atoms with Crippen LogP contribution in [0.5, 0.6) is 0 Å². The van der Waals surface area contributed by atoms with Crippen molar-refractivity contribution in [3.63, 3.8) is 0 Å². The van der Waals surface area contributed by atoms with Gasteiger partial charge in [-0.1, -0.05) is 40.9 Å². The van der Waals surface area contributed by atoms with Gasteiger partial charge in [0.05, 0.1) is 30.5 Å². The van der Waals surface area contributed by atoms with Crippen molar-refractivity contribution in [1.82, 2.24) is 14.6 Å². The molecular weight excluding hydrogens is 375 g/mol. The van der Waals surface area contributed by atoms with Crippen molar-refractivity contribution < 1.29 is 9.53 Å². The van der Waals surface area contributed by atoms with E-state index in [2.05, 4.69) is 14.8 Å². The maximum absolute atomic E-state index is 11.7.